The van der Waals surface area contributed by atoms with E-state index in [9.17, 15) is 5.11 Å². The standard InChI is InChI=1S/C13H22NOP/c1-5-14-11-8-13(3,4)7-6-10(11)12(16-14)9(2)15/h12,15-16H,2,5-8H2,1,3-4H3. The van der Waals surface area contributed by atoms with Gasteiger partial charge in [0.15, 0.2) is 0 Å². The molecule has 2 atom stereocenters. The van der Waals surface area contributed by atoms with Gasteiger partial charge in [-0.05, 0) is 45.9 Å². The minimum Gasteiger partial charge on any atom is -0.512 e. The number of hydrogen-bond donors (Lipinski definition) is 1. The Kier molecular flexibility index (Phi) is 3.05. The number of aliphatic hydroxyl groups is 1. The summed E-state index contributed by atoms with van der Waals surface area (Å²) in [6, 6.07) is 0. The fraction of sp³-hybridized carbons (Fsp3) is 0.692. The zero-order valence-electron chi connectivity index (χ0n) is 10.5. The Morgan fingerprint density at radius 2 is 2.31 bits per heavy atom. The average Bonchev–Trinajstić information content (AvgIpc) is 2.54. The van der Waals surface area contributed by atoms with E-state index in [1.807, 2.05) is 0 Å². The van der Waals surface area contributed by atoms with Crippen molar-refractivity contribution >= 4 is 8.73 Å². The molecule has 2 unspecified atom stereocenters. The second-order valence-electron chi connectivity index (χ2n) is 5.61. The van der Waals surface area contributed by atoms with Crippen molar-refractivity contribution in [3.05, 3.63) is 23.6 Å². The van der Waals surface area contributed by atoms with E-state index in [0.29, 0.717) is 19.9 Å². The number of rotatable bonds is 2. The van der Waals surface area contributed by atoms with Gasteiger partial charge < -0.3 is 9.78 Å². The van der Waals surface area contributed by atoms with Crippen LogP contribution < -0.4 is 0 Å². The van der Waals surface area contributed by atoms with Crippen molar-refractivity contribution in [3.63, 3.8) is 0 Å². The Hall–Kier alpha value is -0.490. The third-order valence-electron chi connectivity index (χ3n) is 3.70. The summed E-state index contributed by atoms with van der Waals surface area (Å²) >= 11 is 0. The van der Waals surface area contributed by atoms with Crippen molar-refractivity contribution in [3.8, 4) is 0 Å². The van der Waals surface area contributed by atoms with Crippen molar-refractivity contribution in [1.82, 2.24) is 4.67 Å². The predicted molar refractivity (Wildman–Crippen MR) is 70.9 cm³/mol. The number of nitrogens with zero attached hydrogens (tertiary/aromatic N) is 1. The SMILES string of the molecule is C=C(O)C1PN(CC)C2=C1CCC(C)(C)C2. The molecule has 0 saturated carbocycles. The second kappa shape index (κ2) is 4.07. The summed E-state index contributed by atoms with van der Waals surface area (Å²) in [5.41, 5.74) is 3.61. The van der Waals surface area contributed by atoms with Crippen LogP contribution in [0.1, 0.15) is 40.0 Å². The smallest absolute Gasteiger partial charge is 0.0981 e. The molecule has 1 N–H and O–H groups in total. The van der Waals surface area contributed by atoms with E-state index in [2.05, 4.69) is 32.0 Å². The maximum Gasteiger partial charge on any atom is 0.0981 e. The van der Waals surface area contributed by atoms with Gasteiger partial charge in [0.1, 0.15) is 0 Å². The third kappa shape index (κ3) is 2.00. The molecule has 0 saturated heterocycles. The van der Waals surface area contributed by atoms with Gasteiger partial charge in [-0.15, -0.1) is 0 Å². The summed E-state index contributed by atoms with van der Waals surface area (Å²) < 4.78 is 2.45. The molecule has 90 valence electrons. The van der Waals surface area contributed by atoms with E-state index in [1.165, 1.54) is 17.7 Å². The summed E-state index contributed by atoms with van der Waals surface area (Å²) in [4.78, 5) is 0. The molecule has 0 bridgehead atoms. The first-order valence-corrected chi connectivity index (χ1v) is 7.10. The Balaban J connectivity index is 2.30. The highest BCUT2D eigenvalue weighted by Crippen LogP contribution is 2.53. The Morgan fingerprint density at radius 3 is 2.88 bits per heavy atom. The highest BCUT2D eigenvalue weighted by atomic mass is 31.1. The first kappa shape index (κ1) is 12.0. The maximum atomic E-state index is 9.69. The van der Waals surface area contributed by atoms with Crippen LogP contribution in [0.4, 0.5) is 0 Å². The summed E-state index contributed by atoms with van der Waals surface area (Å²) in [5.74, 6) is 0.362. The Labute approximate surface area is 100 Å². The maximum absolute atomic E-state index is 9.69. The first-order valence-electron chi connectivity index (χ1n) is 6.08. The van der Waals surface area contributed by atoms with Gasteiger partial charge in [-0.3, -0.25) is 0 Å². The van der Waals surface area contributed by atoms with Crippen LogP contribution in [0.5, 0.6) is 0 Å². The topological polar surface area (TPSA) is 23.5 Å². The van der Waals surface area contributed by atoms with E-state index >= 15 is 0 Å². The first-order chi connectivity index (χ1) is 7.44. The molecule has 0 amide bonds. The minimum absolute atomic E-state index is 0.228. The van der Waals surface area contributed by atoms with E-state index in [4.69, 9.17) is 0 Å². The van der Waals surface area contributed by atoms with Crippen LogP contribution in [0.3, 0.4) is 0 Å². The van der Waals surface area contributed by atoms with Crippen molar-refractivity contribution in [2.24, 2.45) is 5.41 Å². The molecule has 3 heteroatoms. The van der Waals surface area contributed by atoms with Crippen LogP contribution in [0.15, 0.2) is 23.6 Å². The Morgan fingerprint density at radius 1 is 1.62 bits per heavy atom. The fourth-order valence-electron chi connectivity index (χ4n) is 2.72. The monoisotopic (exact) mass is 239 g/mol. The summed E-state index contributed by atoms with van der Waals surface area (Å²) in [7, 11) is 0.671. The molecule has 2 nitrogen and oxygen atoms in total. The van der Waals surface area contributed by atoms with Gasteiger partial charge in [0, 0.05) is 12.2 Å². The summed E-state index contributed by atoms with van der Waals surface area (Å²) in [5, 5.41) is 9.69. The van der Waals surface area contributed by atoms with Crippen molar-refractivity contribution in [2.45, 2.75) is 45.7 Å². The van der Waals surface area contributed by atoms with Gasteiger partial charge in [0.05, 0.1) is 11.4 Å². The zero-order chi connectivity index (χ0) is 11.9. The number of aliphatic hydroxyl groups excluding tert-OH is 1. The lowest BCUT2D eigenvalue weighted by Gasteiger charge is -2.33. The van der Waals surface area contributed by atoms with Gasteiger partial charge in [0.2, 0.25) is 0 Å². The normalized spacial score (nSPS) is 29.7. The molecule has 2 aliphatic rings. The Bertz CT molecular complexity index is 346. The van der Waals surface area contributed by atoms with Crippen molar-refractivity contribution in [2.75, 3.05) is 6.54 Å². The lowest BCUT2D eigenvalue weighted by atomic mass is 9.75. The third-order valence-corrected chi connectivity index (χ3v) is 5.53. The molecule has 2 rings (SSSR count). The van der Waals surface area contributed by atoms with Gasteiger partial charge in [-0.1, -0.05) is 20.4 Å². The number of hydrogen-bond acceptors (Lipinski definition) is 2. The van der Waals surface area contributed by atoms with E-state index in [1.54, 1.807) is 0 Å². The molecule has 0 aromatic carbocycles. The van der Waals surface area contributed by atoms with E-state index in [0.717, 1.165) is 19.4 Å². The minimum atomic E-state index is 0.228. The van der Waals surface area contributed by atoms with Gasteiger partial charge in [-0.25, -0.2) is 0 Å². The molecule has 1 aliphatic heterocycles. The second-order valence-corrected chi connectivity index (χ2v) is 6.99. The molecule has 0 aromatic heterocycles. The van der Waals surface area contributed by atoms with Crippen LogP contribution in [-0.2, 0) is 0 Å². The van der Waals surface area contributed by atoms with Crippen molar-refractivity contribution in [1.29, 1.82) is 0 Å². The average molecular weight is 239 g/mol. The van der Waals surface area contributed by atoms with Crippen LogP contribution >= 0.6 is 8.73 Å². The molecule has 16 heavy (non-hydrogen) atoms. The van der Waals surface area contributed by atoms with E-state index in [-0.39, 0.29) is 5.66 Å². The highest BCUT2D eigenvalue weighted by molar-refractivity contribution is 7.37. The summed E-state index contributed by atoms with van der Waals surface area (Å²) in [6.45, 7) is 11.7. The van der Waals surface area contributed by atoms with Crippen LogP contribution in [0, 0.1) is 5.41 Å². The van der Waals surface area contributed by atoms with Crippen molar-refractivity contribution < 1.29 is 5.11 Å². The van der Waals surface area contributed by atoms with Gasteiger partial charge in [-0.2, -0.15) is 0 Å². The van der Waals surface area contributed by atoms with Gasteiger partial charge in [0.25, 0.3) is 0 Å². The molecule has 0 spiro atoms. The molecule has 1 heterocycles. The van der Waals surface area contributed by atoms with Crippen LogP contribution in [0.25, 0.3) is 0 Å². The zero-order valence-corrected chi connectivity index (χ0v) is 11.5. The van der Waals surface area contributed by atoms with E-state index < -0.39 is 0 Å². The molecular formula is C13H22NOP. The quantitative estimate of drug-likeness (QED) is 0.585. The van der Waals surface area contributed by atoms with Crippen LogP contribution in [-0.4, -0.2) is 22.0 Å². The lowest BCUT2D eigenvalue weighted by Crippen LogP contribution is -2.23. The molecule has 0 fully saturated rings. The fourth-order valence-corrected chi connectivity index (χ4v) is 4.21. The molecule has 0 aromatic rings. The molecule has 1 aliphatic carbocycles. The molecular weight excluding hydrogens is 217 g/mol. The number of allylic oxidation sites excluding steroid dienone is 2. The predicted octanol–water partition coefficient (Wildman–Crippen LogP) is 3.82. The summed E-state index contributed by atoms with van der Waals surface area (Å²) in [6.07, 6.45) is 3.53. The largest absolute Gasteiger partial charge is 0.512 e. The van der Waals surface area contributed by atoms with Gasteiger partial charge >= 0.3 is 0 Å². The lowest BCUT2D eigenvalue weighted by molar-refractivity contribution is 0.289. The molecule has 0 radical (unpaired) electrons. The van der Waals surface area contributed by atoms with Crippen LogP contribution in [0.2, 0.25) is 0 Å². The highest BCUT2D eigenvalue weighted by Gasteiger charge is 2.38.